The molecule has 0 saturated carbocycles. The zero-order valence-corrected chi connectivity index (χ0v) is 12.4. The van der Waals surface area contributed by atoms with Crippen molar-refractivity contribution in [3.8, 4) is 0 Å². The van der Waals surface area contributed by atoms with Crippen LogP contribution in [0.2, 0.25) is 0 Å². The summed E-state index contributed by atoms with van der Waals surface area (Å²) in [6.07, 6.45) is 3.35. The lowest BCUT2D eigenvalue weighted by Crippen LogP contribution is -2.35. The van der Waals surface area contributed by atoms with Crippen LogP contribution >= 0.6 is 0 Å². The van der Waals surface area contributed by atoms with Crippen LogP contribution in [-0.2, 0) is 4.74 Å². The smallest absolute Gasteiger partial charge is 0.410 e. The molecule has 0 fully saturated rings. The molecule has 0 aromatic carbocycles. The zero-order chi connectivity index (χ0) is 14.9. The van der Waals surface area contributed by atoms with Crippen LogP contribution in [0.25, 0.3) is 5.57 Å². The largest absolute Gasteiger partial charge is 0.444 e. The van der Waals surface area contributed by atoms with E-state index >= 15 is 0 Å². The van der Waals surface area contributed by atoms with Gasteiger partial charge in [-0.25, -0.2) is 4.79 Å². The average molecular weight is 275 g/mol. The van der Waals surface area contributed by atoms with Crippen molar-refractivity contribution < 1.29 is 9.53 Å². The molecular weight excluding hydrogens is 254 g/mol. The summed E-state index contributed by atoms with van der Waals surface area (Å²) in [4.78, 5) is 18.0. The van der Waals surface area contributed by atoms with Crippen molar-refractivity contribution in [2.75, 3.05) is 18.8 Å². The minimum Gasteiger partial charge on any atom is -0.444 e. The molecule has 1 amide bonds. The van der Waals surface area contributed by atoms with Gasteiger partial charge in [0.15, 0.2) is 0 Å². The van der Waals surface area contributed by atoms with Gasteiger partial charge in [-0.05, 0) is 44.9 Å². The van der Waals surface area contributed by atoms with Crippen LogP contribution in [0, 0.1) is 6.92 Å². The minimum absolute atomic E-state index is 0.295. The highest BCUT2D eigenvalue weighted by molar-refractivity contribution is 5.77. The van der Waals surface area contributed by atoms with Crippen molar-refractivity contribution in [1.29, 1.82) is 0 Å². The van der Waals surface area contributed by atoms with Gasteiger partial charge in [-0.2, -0.15) is 0 Å². The molecule has 0 saturated heterocycles. The molecule has 0 unspecified atom stereocenters. The van der Waals surface area contributed by atoms with Gasteiger partial charge in [0.25, 0.3) is 0 Å². The van der Waals surface area contributed by atoms with Gasteiger partial charge in [-0.3, -0.25) is 4.98 Å². The molecule has 1 aliphatic heterocycles. The van der Waals surface area contributed by atoms with E-state index < -0.39 is 5.60 Å². The Balaban J connectivity index is 2.07. The zero-order valence-electron chi connectivity index (χ0n) is 12.4. The lowest BCUT2D eigenvalue weighted by Gasteiger charge is -2.24. The molecule has 0 bridgehead atoms. The second kappa shape index (κ2) is 5.15. The van der Waals surface area contributed by atoms with Crippen molar-refractivity contribution in [2.45, 2.75) is 33.3 Å². The number of amides is 1. The first-order chi connectivity index (χ1) is 9.26. The number of ether oxygens (including phenoxy) is 1. The average Bonchev–Trinajstić information content (AvgIpc) is 2.75. The first-order valence-electron chi connectivity index (χ1n) is 6.66. The van der Waals surface area contributed by atoms with E-state index in [1.807, 2.05) is 39.8 Å². The van der Waals surface area contributed by atoms with E-state index in [1.165, 1.54) is 0 Å². The van der Waals surface area contributed by atoms with Gasteiger partial charge < -0.3 is 15.4 Å². The van der Waals surface area contributed by atoms with Crippen molar-refractivity contribution >= 4 is 17.4 Å². The third-order valence-electron chi connectivity index (χ3n) is 2.97. The molecule has 5 nitrogen and oxygen atoms in total. The van der Waals surface area contributed by atoms with Crippen molar-refractivity contribution in [3.63, 3.8) is 0 Å². The lowest BCUT2D eigenvalue weighted by atomic mass is 10.1. The number of carbonyl (C=O) groups excluding carboxylic acids is 1. The van der Waals surface area contributed by atoms with E-state index in [-0.39, 0.29) is 6.09 Å². The van der Waals surface area contributed by atoms with Crippen molar-refractivity contribution in [3.05, 3.63) is 29.6 Å². The predicted molar refractivity (Wildman–Crippen MR) is 79.2 cm³/mol. The van der Waals surface area contributed by atoms with Crippen LogP contribution in [0.3, 0.4) is 0 Å². The maximum atomic E-state index is 12.0. The number of nitrogen functional groups attached to an aromatic ring is 1. The molecule has 0 aliphatic carbocycles. The maximum absolute atomic E-state index is 12.0. The Labute approximate surface area is 119 Å². The van der Waals surface area contributed by atoms with Crippen molar-refractivity contribution in [1.82, 2.24) is 9.88 Å². The summed E-state index contributed by atoms with van der Waals surface area (Å²) in [5.74, 6) is 0. The summed E-state index contributed by atoms with van der Waals surface area (Å²) in [5, 5.41) is 0. The SMILES string of the molecule is Cc1cc(N)cnc1C1=CCN(C(=O)OC(C)(C)C)C1. The molecule has 20 heavy (non-hydrogen) atoms. The third kappa shape index (κ3) is 3.29. The highest BCUT2D eigenvalue weighted by Crippen LogP contribution is 2.24. The standard InChI is InChI=1S/C15H21N3O2/c1-10-7-12(16)8-17-13(10)11-5-6-18(9-11)14(19)20-15(2,3)4/h5,7-8H,6,9,16H2,1-4H3. The fourth-order valence-electron chi connectivity index (χ4n) is 2.12. The Bertz CT molecular complexity index is 559. The van der Waals surface area contributed by atoms with Gasteiger partial charge in [-0.1, -0.05) is 6.08 Å². The molecule has 1 aromatic rings. The van der Waals surface area contributed by atoms with Crippen LogP contribution in [0.15, 0.2) is 18.3 Å². The second-order valence-electron chi connectivity index (χ2n) is 6.02. The molecule has 0 spiro atoms. The number of anilines is 1. The Morgan fingerprint density at radius 1 is 1.45 bits per heavy atom. The number of pyridine rings is 1. The van der Waals surface area contributed by atoms with E-state index in [0.717, 1.165) is 16.8 Å². The van der Waals surface area contributed by atoms with Gasteiger partial charge in [-0.15, -0.1) is 0 Å². The first-order valence-corrected chi connectivity index (χ1v) is 6.66. The van der Waals surface area contributed by atoms with E-state index in [9.17, 15) is 4.79 Å². The molecule has 2 N–H and O–H groups in total. The quantitative estimate of drug-likeness (QED) is 0.855. The second-order valence-corrected chi connectivity index (χ2v) is 6.02. The summed E-state index contributed by atoms with van der Waals surface area (Å²) in [6.45, 7) is 8.63. The monoisotopic (exact) mass is 275 g/mol. The predicted octanol–water partition coefficient (Wildman–Crippen LogP) is 2.61. The summed E-state index contributed by atoms with van der Waals surface area (Å²) in [6, 6.07) is 1.89. The molecule has 1 aromatic heterocycles. The maximum Gasteiger partial charge on any atom is 0.410 e. The molecule has 0 radical (unpaired) electrons. The molecule has 2 heterocycles. The van der Waals surface area contributed by atoms with Crippen LogP contribution in [0.4, 0.5) is 10.5 Å². The van der Waals surface area contributed by atoms with E-state index in [0.29, 0.717) is 18.8 Å². The number of rotatable bonds is 1. The normalized spacial score (nSPS) is 15.2. The fourth-order valence-corrected chi connectivity index (χ4v) is 2.12. The van der Waals surface area contributed by atoms with Crippen LogP contribution < -0.4 is 5.73 Å². The summed E-state index contributed by atoms with van der Waals surface area (Å²) in [7, 11) is 0. The van der Waals surface area contributed by atoms with Crippen LogP contribution in [0.5, 0.6) is 0 Å². The van der Waals surface area contributed by atoms with Gasteiger partial charge in [0.05, 0.1) is 24.1 Å². The van der Waals surface area contributed by atoms with Crippen LogP contribution in [-0.4, -0.2) is 34.7 Å². The van der Waals surface area contributed by atoms with Crippen LogP contribution in [0.1, 0.15) is 32.0 Å². The highest BCUT2D eigenvalue weighted by atomic mass is 16.6. The third-order valence-corrected chi connectivity index (χ3v) is 2.97. The number of carbonyl (C=O) groups is 1. The Morgan fingerprint density at radius 3 is 2.75 bits per heavy atom. The first kappa shape index (κ1) is 14.4. The number of aromatic nitrogens is 1. The van der Waals surface area contributed by atoms with Gasteiger partial charge in [0.1, 0.15) is 5.60 Å². The summed E-state index contributed by atoms with van der Waals surface area (Å²) < 4.78 is 5.37. The summed E-state index contributed by atoms with van der Waals surface area (Å²) >= 11 is 0. The number of hydrogen-bond donors (Lipinski definition) is 1. The van der Waals surface area contributed by atoms with Gasteiger partial charge in [0, 0.05) is 6.54 Å². The Hall–Kier alpha value is -2.04. The Kier molecular flexibility index (Phi) is 3.70. The minimum atomic E-state index is -0.477. The number of aryl methyl sites for hydroxylation is 1. The molecule has 5 heteroatoms. The topological polar surface area (TPSA) is 68.5 Å². The van der Waals surface area contributed by atoms with Gasteiger partial charge in [0.2, 0.25) is 0 Å². The van der Waals surface area contributed by atoms with E-state index in [4.69, 9.17) is 10.5 Å². The Morgan fingerprint density at radius 2 is 2.15 bits per heavy atom. The molecular formula is C15H21N3O2. The molecule has 1 aliphatic rings. The molecule has 2 rings (SSSR count). The summed E-state index contributed by atoms with van der Waals surface area (Å²) in [5.41, 5.74) is 8.82. The van der Waals surface area contributed by atoms with Gasteiger partial charge >= 0.3 is 6.09 Å². The molecule has 108 valence electrons. The van der Waals surface area contributed by atoms with E-state index in [1.54, 1.807) is 11.1 Å². The highest BCUT2D eigenvalue weighted by Gasteiger charge is 2.26. The van der Waals surface area contributed by atoms with E-state index in [2.05, 4.69) is 4.98 Å². The number of nitrogens with two attached hydrogens (primary N) is 1. The lowest BCUT2D eigenvalue weighted by molar-refractivity contribution is 0.0306. The van der Waals surface area contributed by atoms with Crippen molar-refractivity contribution in [2.24, 2.45) is 0 Å². The number of nitrogens with zero attached hydrogens (tertiary/aromatic N) is 2. The molecule has 0 atom stereocenters. The number of hydrogen-bond acceptors (Lipinski definition) is 4. The fraction of sp³-hybridized carbons (Fsp3) is 0.467.